The van der Waals surface area contributed by atoms with Gasteiger partial charge in [-0.25, -0.2) is 0 Å². The number of hydrogen-bond donors (Lipinski definition) is 2. The Bertz CT molecular complexity index is 675. The van der Waals surface area contributed by atoms with Gasteiger partial charge >= 0.3 is 0 Å². The average Bonchev–Trinajstić information content (AvgIpc) is 2.97. The molecule has 0 bridgehead atoms. The number of carbonyl (C=O) groups is 1. The lowest BCUT2D eigenvalue weighted by Crippen LogP contribution is -2.37. The third-order valence-corrected chi connectivity index (χ3v) is 4.53. The topological polar surface area (TPSA) is 41.1 Å². The summed E-state index contributed by atoms with van der Waals surface area (Å²) < 4.78 is 0. The molecule has 0 saturated carbocycles. The van der Waals surface area contributed by atoms with Crippen molar-refractivity contribution in [3.05, 3.63) is 63.9 Å². The highest BCUT2D eigenvalue weighted by Crippen LogP contribution is 2.38. The van der Waals surface area contributed by atoms with Gasteiger partial charge in [-0.1, -0.05) is 24.3 Å². The van der Waals surface area contributed by atoms with Gasteiger partial charge in [0, 0.05) is 21.7 Å². The summed E-state index contributed by atoms with van der Waals surface area (Å²) in [5.41, 5.74) is 2.93. The summed E-state index contributed by atoms with van der Waals surface area (Å²) in [7, 11) is 0. The second kappa shape index (κ2) is 4.05. The van der Waals surface area contributed by atoms with Crippen LogP contribution in [0.5, 0.6) is 0 Å². The molecule has 3 nitrogen and oxygen atoms in total. The summed E-state index contributed by atoms with van der Waals surface area (Å²) >= 11 is 1.72. The molecular weight excluding hydrogens is 256 g/mol. The summed E-state index contributed by atoms with van der Waals surface area (Å²) in [6, 6.07) is 10.1. The van der Waals surface area contributed by atoms with Crippen LogP contribution in [0, 0.1) is 0 Å². The molecule has 0 saturated heterocycles. The maximum Gasteiger partial charge on any atom is 0.186 e. The number of nitrogens with one attached hydrogen (secondary N) is 2. The Morgan fingerprint density at radius 1 is 1.16 bits per heavy atom. The Labute approximate surface area is 115 Å². The molecule has 2 N–H and O–H groups in total. The fraction of sp³-hybridized carbons (Fsp3) is 0.133. The predicted octanol–water partition coefficient (Wildman–Crippen LogP) is 3.26. The van der Waals surface area contributed by atoms with Gasteiger partial charge in [0.25, 0.3) is 0 Å². The lowest BCUT2D eigenvalue weighted by molar-refractivity contribution is 0.104. The van der Waals surface area contributed by atoms with Crippen molar-refractivity contribution in [1.29, 1.82) is 0 Å². The molecule has 2 aliphatic rings. The molecule has 2 heterocycles. The monoisotopic (exact) mass is 268 g/mol. The number of allylic oxidation sites excluding steroid dienone is 1. The number of rotatable bonds is 1. The lowest BCUT2D eigenvalue weighted by Gasteiger charge is -2.35. The molecule has 0 amide bonds. The van der Waals surface area contributed by atoms with Gasteiger partial charge < -0.3 is 5.32 Å². The SMILES string of the molecule is O=C1C=CC2NC(c3cccs3)Nc3cccc1c32. The second-order valence-electron chi connectivity index (χ2n) is 4.73. The highest BCUT2D eigenvalue weighted by atomic mass is 32.1. The molecule has 1 aromatic carbocycles. The summed E-state index contributed by atoms with van der Waals surface area (Å²) in [5, 5.41) is 9.08. The molecule has 1 aromatic heterocycles. The standard InChI is InChI=1S/C15H12N2OS/c18-12-7-6-11-14-9(12)3-1-4-10(14)16-15(17-11)13-5-2-8-19-13/h1-8,11,15-17H. The number of anilines is 1. The van der Waals surface area contributed by atoms with Gasteiger partial charge in [0.15, 0.2) is 5.78 Å². The first-order valence-corrected chi connectivity index (χ1v) is 7.12. The van der Waals surface area contributed by atoms with Crippen LogP contribution < -0.4 is 10.6 Å². The van der Waals surface area contributed by atoms with Crippen LogP contribution >= 0.6 is 11.3 Å². The van der Waals surface area contributed by atoms with E-state index in [0.717, 1.165) is 16.8 Å². The number of ketones is 1. The molecule has 2 aromatic rings. The molecule has 94 valence electrons. The van der Waals surface area contributed by atoms with Crippen molar-refractivity contribution in [2.24, 2.45) is 0 Å². The molecule has 19 heavy (non-hydrogen) atoms. The van der Waals surface area contributed by atoms with Crippen LogP contribution in [-0.4, -0.2) is 5.78 Å². The van der Waals surface area contributed by atoms with Crippen LogP contribution in [0.1, 0.15) is 33.0 Å². The zero-order valence-corrected chi connectivity index (χ0v) is 10.9. The Morgan fingerprint density at radius 3 is 2.95 bits per heavy atom. The quantitative estimate of drug-likeness (QED) is 0.834. The fourth-order valence-corrected chi connectivity index (χ4v) is 3.47. The van der Waals surface area contributed by atoms with E-state index >= 15 is 0 Å². The first-order valence-electron chi connectivity index (χ1n) is 6.24. The van der Waals surface area contributed by atoms with E-state index in [0.29, 0.717) is 0 Å². The highest BCUT2D eigenvalue weighted by Gasteiger charge is 2.31. The minimum absolute atomic E-state index is 0.0891. The van der Waals surface area contributed by atoms with E-state index in [-0.39, 0.29) is 18.0 Å². The number of thiophene rings is 1. The van der Waals surface area contributed by atoms with Crippen molar-refractivity contribution >= 4 is 22.8 Å². The van der Waals surface area contributed by atoms with Gasteiger partial charge in [0.2, 0.25) is 0 Å². The van der Waals surface area contributed by atoms with Crippen LogP contribution in [0.4, 0.5) is 5.69 Å². The van der Waals surface area contributed by atoms with Gasteiger partial charge in [-0.2, -0.15) is 0 Å². The maximum atomic E-state index is 11.9. The molecule has 4 heteroatoms. The van der Waals surface area contributed by atoms with Crippen molar-refractivity contribution in [3.8, 4) is 0 Å². The van der Waals surface area contributed by atoms with Crippen LogP contribution in [0.3, 0.4) is 0 Å². The first kappa shape index (κ1) is 11.0. The van der Waals surface area contributed by atoms with Crippen molar-refractivity contribution in [2.45, 2.75) is 12.2 Å². The zero-order valence-electron chi connectivity index (χ0n) is 10.1. The van der Waals surface area contributed by atoms with E-state index in [2.05, 4.69) is 28.1 Å². The highest BCUT2D eigenvalue weighted by molar-refractivity contribution is 7.10. The van der Waals surface area contributed by atoms with Crippen molar-refractivity contribution in [3.63, 3.8) is 0 Å². The van der Waals surface area contributed by atoms with Crippen molar-refractivity contribution in [1.82, 2.24) is 5.32 Å². The Morgan fingerprint density at radius 2 is 2.11 bits per heavy atom. The van der Waals surface area contributed by atoms with Crippen molar-refractivity contribution in [2.75, 3.05) is 5.32 Å². The van der Waals surface area contributed by atoms with Gasteiger partial charge in [0.1, 0.15) is 6.17 Å². The molecule has 2 atom stereocenters. The minimum atomic E-state index is 0.0891. The predicted molar refractivity (Wildman–Crippen MR) is 76.5 cm³/mol. The van der Waals surface area contributed by atoms with E-state index in [1.165, 1.54) is 4.88 Å². The smallest absolute Gasteiger partial charge is 0.186 e. The fourth-order valence-electron chi connectivity index (χ4n) is 2.74. The van der Waals surface area contributed by atoms with Crippen LogP contribution in [-0.2, 0) is 0 Å². The number of carbonyl (C=O) groups excluding carboxylic acids is 1. The van der Waals surface area contributed by atoms with Crippen molar-refractivity contribution < 1.29 is 4.79 Å². The summed E-state index contributed by atoms with van der Waals surface area (Å²) in [5.74, 6) is 0.0891. The average molecular weight is 268 g/mol. The van der Waals surface area contributed by atoms with Crippen LogP contribution in [0.25, 0.3) is 0 Å². The molecule has 1 aliphatic carbocycles. The second-order valence-corrected chi connectivity index (χ2v) is 5.71. The van der Waals surface area contributed by atoms with E-state index < -0.39 is 0 Å². The summed E-state index contributed by atoms with van der Waals surface area (Å²) in [6.45, 7) is 0. The van der Waals surface area contributed by atoms with E-state index in [1.807, 2.05) is 24.3 Å². The van der Waals surface area contributed by atoms with Gasteiger partial charge in [-0.15, -0.1) is 11.3 Å². The molecular formula is C15H12N2OS. The minimum Gasteiger partial charge on any atom is -0.365 e. The molecule has 1 aliphatic heterocycles. The molecule has 2 unspecified atom stereocenters. The number of hydrogen-bond acceptors (Lipinski definition) is 4. The molecule has 0 radical (unpaired) electrons. The largest absolute Gasteiger partial charge is 0.365 e. The maximum absolute atomic E-state index is 11.9. The normalized spacial score (nSPS) is 23.9. The molecule has 4 rings (SSSR count). The van der Waals surface area contributed by atoms with E-state index in [4.69, 9.17) is 0 Å². The Kier molecular flexibility index (Phi) is 2.33. The third-order valence-electron chi connectivity index (χ3n) is 3.60. The zero-order chi connectivity index (χ0) is 12.8. The van der Waals surface area contributed by atoms with E-state index in [9.17, 15) is 4.79 Å². The summed E-state index contributed by atoms with van der Waals surface area (Å²) in [4.78, 5) is 13.1. The van der Waals surface area contributed by atoms with Gasteiger partial charge in [0.05, 0.1) is 6.04 Å². The molecule has 0 fully saturated rings. The molecule has 0 spiro atoms. The summed E-state index contributed by atoms with van der Waals surface area (Å²) in [6.07, 6.45) is 3.72. The van der Waals surface area contributed by atoms with Gasteiger partial charge in [-0.3, -0.25) is 10.1 Å². The first-order chi connectivity index (χ1) is 9.33. The van der Waals surface area contributed by atoms with Crippen LogP contribution in [0.15, 0.2) is 47.9 Å². The lowest BCUT2D eigenvalue weighted by atomic mass is 9.88. The van der Waals surface area contributed by atoms with Crippen LogP contribution in [0.2, 0.25) is 0 Å². The Hall–Kier alpha value is -1.91. The Balaban J connectivity index is 1.82. The number of benzene rings is 1. The van der Waals surface area contributed by atoms with Gasteiger partial charge in [-0.05, 0) is 23.6 Å². The van der Waals surface area contributed by atoms with E-state index in [1.54, 1.807) is 17.4 Å². The third kappa shape index (κ3) is 1.64.